The maximum Gasteiger partial charge on any atom is 0.250 e. The molecule has 4 rings (SSSR count). The van der Waals surface area contributed by atoms with E-state index in [-0.39, 0.29) is 0 Å². The Labute approximate surface area is 163 Å². The number of nitrogens with two attached hydrogens (primary N) is 1. The number of rotatable bonds is 5. The number of nitrogens with zero attached hydrogens (tertiary/aromatic N) is 3. The number of carbonyl (C=O) groups is 1. The number of carbonyl (C=O) groups excluding carboxylic acids is 1. The molecule has 1 amide bonds. The second-order valence-electron chi connectivity index (χ2n) is 7.17. The van der Waals surface area contributed by atoms with Gasteiger partial charge in [-0.3, -0.25) is 9.36 Å². The summed E-state index contributed by atoms with van der Waals surface area (Å²) in [5.74, 6) is -0.167. The zero-order valence-corrected chi connectivity index (χ0v) is 16.0. The fraction of sp³-hybridized carbons (Fsp3) is 0.174. The molecule has 0 saturated heterocycles. The first-order valence-electron chi connectivity index (χ1n) is 9.34. The van der Waals surface area contributed by atoms with Gasteiger partial charge in [0.2, 0.25) is 0 Å². The lowest BCUT2D eigenvalue weighted by atomic mass is 9.89. The van der Waals surface area contributed by atoms with Gasteiger partial charge in [-0.15, -0.1) is 0 Å². The minimum atomic E-state index is -0.461. The molecule has 2 aromatic heterocycles. The molecular formula is C23H22N4O. The first-order valence-corrected chi connectivity index (χ1v) is 9.34. The molecule has 4 aromatic rings. The van der Waals surface area contributed by atoms with Crippen LogP contribution < -0.4 is 5.73 Å². The number of benzene rings is 2. The molecule has 0 aliphatic heterocycles. The first kappa shape index (κ1) is 17.9. The Balaban J connectivity index is 2.04. The second kappa shape index (κ2) is 7.27. The first-order chi connectivity index (χ1) is 13.6. The molecule has 2 heterocycles. The van der Waals surface area contributed by atoms with Crippen LogP contribution in [0.3, 0.4) is 0 Å². The maximum atomic E-state index is 12.3. The molecule has 2 aromatic carbocycles. The summed E-state index contributed by atoms with van der Waals surface area (Å²) in [5.41, 5.74) is 11.9. The van der Waals surface area contributed by atoms with E-state index in [9.17, 15) is 4.79 Å². The summed E-state index contributed by atoms with van der Waals surface area (Å²) in [6.07, 6.45) is 4.14. The van der Waals surface area contributed by atoms with Crippen molar-refractivity contribution in [3.05, 3.63) is 89.4 Å². The summed E-state index contributed by atoms with van der Waals surface area (Å²) in [4.78, 5) is 21.3. The van der Waals surface area contributed by atoms with Crippen LogP contribution in [0, 0.1) is 0 Å². The largest absolute Gasteiger partial charge is 0.366 e. The van der Waals surface area contributed by atoms with Crippen molar-refractivity contribution in [1.29, 1.82) is 0 Å². The summed E-state index contributed by atoms with van der Waals surface area (Å²) in [7, 11) is 0. The van der Waals surface area contributed by atoms with Crippen molar-refractivity contribution >= 4 is 17.1 Å². The van der Waals surface area contributed by atoms with Crippen LogP contribution in [0.5, 0.6) is 0 Å². The maximum absolute atomic E-state index is 12.3. The lowest BCUT2D eigenvalue weighted by Gasteiger charge is -2.21. The average Bonchev–Trinajstić information content (AvgIpc) is 3.12. The van der Waals surface area contributed by atoms with Crippen molar-refractivity contribution in [2.24, 2.45) is 5.73 Å². The molecule has 5 heteroatoms. The summed E-state index contributed by atoms with van der Waals surface area (Å²) < 4.78 is 1.89. The average molecular weight is 370 g/mol. The van der Waals surface area contributed by atoms with Crippen LogP contribution >= 0.6 is 0 Å². The third-order valence-electron chi connectivity index (χ3n) is 4.98. The molecule has 28 heavy (non-hydrogen) atoms. The number of hydrogen-bond donors (Lipinski definition) is 1. The molecule has 0 aliphatic carbocycles. The molecule has 0 spiro atoms. The van der Waals surface area contributed by atoms with E-state index in [0.717, 1.165) is 16.8 Å². The monoisotopic (exact) mass is 370 g/mol. The van der Waals surface area contributed by atoms with Gasteiger partial charge in [0.05, 0.1) is 11.3 Å². The van der Waals surface area contributed by atoms with Gasteiger partial charge in [0.25, 0.3) is 5.91 Å². The smallest absolute Gasteiger partial charge is 0.250 e. The third kappa shape index (κ3) is 3.16. The quantitative estimate of drug-likeness (QED) is 0.571. The Kier molecular flexibility index (Phi) is 4.65. The van der Waals surface area contributed by atoms with Crippen molar-refractivity contribution in [3.8, 4) is 5.69 Å². The Morgan fingerprint density at radius 3 is 2.54 bits per heavy atom. The normalized spacial score (nSPS) is 11.2. The molecule has 0 fully saturated rings. The van der Waals surface area contributed by atoms with Gasteiger partial charge >= 0.3 is 0 Å². The zero-order chi connectivity index (χ0) is 19.7. The van der Waals surface area contributed by atoms with Crippen LogP contribution in [0.25, 0.3) is 16.9 Å². The highest BCUT2D eigenvalue weighted by Crippen LogP contribution is 2.32. The van der Waals surface area contributed by atoms with E-state index in [1.54, 1.807) is 12.5 Å². The standard InChI is InChI=1S/C23H22N4O/c1-15(2)17-10-11-18(22(24)28)21(19(17)13-16-7-4-3-5-8-16)27-14-26-20-9-6-12-25-23(20)27/h3-12,14-15H,13H2,1-2H3,(H2,24,28). The number of hydrogen-bond acceptors (Lipinski definition) is 3. The SMILES string of the molecule is CC(C)c1ccc(C(N)=O)c(-n2cnc3cccnc32)c1Cc1ccccc1. The highest BCUT2D eigenvalue weighted by Gasteiger charge is 2.21. The van der Waals surface area contributed by atoms with Crippen LogP contribution in [0.2, 0.25) is 0 Å². The fourth-order valence-corrected chi connectivity index (χ4v) is 3.67. The van der Waals surface area contributed by atoms with Gasteiger partial charge in [-0.05, 0) is 47.2 Å². The number of imidazole rings is 1. The minimum absolute atomic E-state index is 0.294. The van der Waals surface area contributed by atoms with E-state index in [2.05, 4.69) is 35.9 Å². The van der Waals surface area contributed by atoms with E-state index in [1.807, 2.05) is 47.0 Å². The highest BCUT2D eigenvalue weighted by molar-refractivity contribution is 5.98. The molecular weight excluding hydrogens is 348 g/mol. The molecule has 140 valence electrons. The topological polar surface area (TPSA) is 73.8 Å². The van der Waals surface area contributed by atoms with Crippen LogP contribution in [-0.4, -0.2) is 20.4 Å². The van der Waals surface area contributed by atoms with E-state index in [0.29, 0.717) is 23.5 Å². The van der Waals surface area contributed by atoms with Gasteiger partial charge in [-0.25, -0.2) is 9.97 Å². The predicted molar refractivity (Wildman–Crippen MR) is 111 cm³/mol. The van der Waals surface area contributed by atoms with E-state index >= 15 is 0 Å². The van der Waals surface area contributed by atoms with Crippen LogP contribution in [0.4, 0.5) is 0 Å². The molecule has 0 atom stereocenters. The van der Waals surface area contributed by atoms with E-state index < -0.39 is 5.91 Å². The van der Waals surface area contributed by atoms with Gasteiger partial charge in [-0.1, -0.05) is 50.2 Å². The van der Waals surface area contributed by atoms with Gasteiger partial charge < -0.3 is 5.73 Å². The van der Waals surface area contributed by atoms with Crippen molar-refractivity contribution in [1.82, 2.24) is 14.5 Å². The summed E-state index contributed by atoms with van der Waals surface area (Å²) >= 11 is 0. The number of fused-ring (bicyclic) bond motifs is 1. The Bertz CT molecular complexity index is 1150. The van der Waals surface area contributed by atoms with E-state index in [4.69, 9.17) is 5.73 Å². The molecule has 0 unspecified atom stereocenters. The van der Waals surface area contributed by atoms with Crippen LogP contribution in [-0.2, 0) is 6.42 Å². The van der Waals surface area contributed by atoms with Crippen LogP contribution in [0.15, 0.2) is 67.1 Å². The van der Waals surface area contributed by atoms with Crippen molar-refractivity contribution in [3.63, 3.8) is 0 Å². The Morgan fingerprint density at radius 2 is 1.82 bits per heavy atom. The van der Waals surface area contributed by atoms with Gasteiger partial charge in [0, 0.05) is 6.20 Å². The number of amides is 1. The second-order valence-corrected chi connectivity index (χ2v) is 7.17. The highest BCUT2D eigenvalue weighted by atomic mass is 16.1. The summed E-state index contributed by atoms with van der Waals surface area (Å²) in [6.45, 7) is 4.31. The minimum Gasteiger partial charge on any atom is -0.366 e. The van der Waals surface area contributed by atoms with Crippen molar-refractivity contribution in [2.45, 2.75) is 26.2 Å². The molecule has 2 N–H and O–H groups in total. The molecule has 0 bridgehead atoms. The van der Waals surface area contributed by atoms with Gasteiger partial charge in [0.15, 0.2) is 5.65 Å². The van der Waals surface area contributed by atoms with Crippen LogP contribution in [0.1, 0.15) is 46.8 Å². The van der Waals surface area contributed by atoms with Crippen molar-refractivity contribution < 1.29 is 4.79 Å². The number of primary amides is 1. The Hall–Kier alpha value is -3.47. The zero-order valence-electron chi connectivity index (χ0n) is 16.0. The predicted octanol–water partition coefficient (Wildman–Crippen LogP) is 4.23. The Morgan fingerprint density at radius 1 is 1.04 bits per heavy atom. The van der Waals surface area contributed by atoms with E-state index in [1.165, 1.54) is 11.1 Å². The third-order valence-corrected chi connectivity index (χ3v) is 4.98. The molecule has 0 radical (unpaired) electrons. The molecule has 0 aliphatic rings. The fourth-order valence-electron chi connectivity index (χ4n) is 3.67. The lowest BCUT2D eigenvalue weighted by molar-refractivity contribution is 0.1000. The van der Waals surface area contributed by atoms with Crippen molar-refractivity contribution in [2.75, 3.05) is 0 Å². The van der Waals surface area contributed by atoms with Gasteiger partial charge in [-0.2, -0.15) is 0 Å². The lowest BCUT2D eigenvalue weighted by Crippen LogP contribution is -2.18. The molecule has 0 saturated carbocycles. The number of aromatic nitrogens is 3. The summed E-state index contributed by atoms with van der Waals surface area (Å²) in [5, 5.41) is 0. The molecule has 5 nitrogen and oxygen atoms in total. The number of pyridine rings is 1. The van der Waals surface area contributed by atoms with Gasteiger partial charge in [0.1, 0.15) is 11.8 Å². The summed E-state index contributed by atoms with van der Waals surface area (Å²) in [6, 6.07) is 17.8.